The molecular formula is C13H25N3O3S. The molecule has 1 aliphatic carbocycles. The van der Waals surface area contributed by atoms with Crippen molar-refractivity contribution in [3.8, 4) is 0 Å². The first-order chi connectivity index (χ1) is 9.51. The van der Waals surface area contributed by atoms with Gasteiger partial charge in [-0.25, -0.2) is 8.42 Å². The van der Waals surface area contributed by atoms with E-state index in [1.807, 2.05) is 0 Å². The van der Waals surface area contributed by atoms with Gasteiger partial charge in [-0.15, -0.1) is 0 Å². The first-order valence-corrected chi connectivity index (χ1v) is 9.02. The predicted octanol–water partition coefficient (Wildman–Crippen LogP) is 0.188. The topological polar surface area (TPSA) is 92.5 Å². The number of hydrogen-bond acceptors (Lipinski definition) is 4. The van der Waals surface area contributed by atoms with Gasteiger partial charge in [-0.1, -0.05) is 19.3 Å². The van der Waals surface area contributed by atoms with Crippen molar-refractivity contribution in [3.05, 3.63) is 0 Å². The van der Waals surface area contributed by atoms with E-state index in [9.17, 15) is 13.2 Å². The standard InChI is InChI=1S/C13H25N3O3S/c14-13(17)10-16(11-5-4-8-15-9-11)20(18,19)12-6-2-1-3-7-12/h11-12,15H,1-10H2,(H2,14,17). The average molecular weight is 303 g/mol. The van der Waals surface area contributed by atoms with Gasteiger partial charge in [-0.3, -0.25) is 4.79 Å². The SMILES string of the molecule is NC(=O)CN(C1CCCNC1)S(=O)(=O)C1CCCCC1. The third-order valence-corrected chi connectivity index (χ3v) is 6.68. The molecule has 6 nitrogen and oxygen atoms in total. The third-order valence-electron chi connectivity index (χ3n) is 4.29. The van der Waals surface area contributed by atoms with Crippen LogP contribution in [0.4, 0.5) is 0 Å². The van der Waals surface area contributed by atoms with Crippen LogP contribution in [0, 0.1) is 0 Å². The highest BCUT2D eigenvalue weighted by molar-refractivity contribution is 7.89. The molecule has 1 heterocycles. The Morgan fingerprint density at radius 3 is 2.40 bits per heavy atom. The Bertz CT molecular complexity index is 426. The fraction of sp³-hybridized carbons (Fsp3) is 0.923. The number of rotatable bonds is 5. The van der Waals surface area contributed by atoms with Gasteiger partial charge in [0.2, 0.25) is 15.9 Å². The Hall–Kier alpha value is -0.660. The summed E-state index contributed by atoms with van der Waals surface area (Å²) in [6, 6.07) is -0.136. The minimum Gasteiger partial charge on any atom is -0.369 e. The van der Waals surface area contributed by atoms with Crippen molar-refractivity contribution in [2.45, 2.75) is 56.2 Å². The van der Waals surface area contributed by atoms with Gasteiger partial charge < -0.3 is 11.1 Å². The maximum Gasteiger partial charge on any atom is 0.232 e. The summed E-state index contributed by atoms with van der Waals surface area (Å²) in [7, 11) is -3.43. The Morgan fingerprint density at radius 2 is 1.85 bits per heavy atom. The molecule has 0 aromatic heterocycles. The smallest absolute Gasteiger partial charge is 0.232 e. The fourth-order valence-electron chi connectivity index (χ4n) is 3.21. The number of hydrogen-bond donors (Lipinski definition) is 2. The van der Waals surface area contributed by atoms with Crippen molar-refractivity contribution in [1.82, 2.24) is 9.62 Å². The van der Waals surface area contributed by atoms with E-state index in [2.05, 4.69) is 5.32 Å². The largest absolute Gasteiger partial charge is 0.369 e. The number of carbonyl (C=O) groups is 1. The lowest BCUT2D eigenvalue weighted by Gasteiger charge is -2.36. The van der Waals surface area contributed by atoms with E-state index in [-0.39, 0.29) is 17.8 Å². The first kappa shape index (κ1) is 15.7. The summed E-state index contributed by atoms with van der Waals surface area (Å²) in [6.45, 7) is 1.33. The molecule has 2 aliphatic rings. The summed E-state index contributed by atoms with van der Waals surface area (Å²) < 4.78 is 27.0. The normalized spacial score (nSPS) is 25.8. The maximum atomic E-state index is 12.8. The Balaban J connectivity index is 2.16. The lowest BCUT2D eigenvalue weighted by Crippen LogP contribution is -2.54. The maximum absolute atomic E-state index is 12.8. The molecule has 0 radical (unpaired) electrons. The van der Waals surface area contributed by atoms with Gasteiger partial charge in [-0.2, -0.15) is 4.31 Å². The van der Waals surface area contributed by atoms with E-state index >= 15 is 0 Å². The summed E-state index contributed by atoms with van der Waals surface area (Å²) in [4.78, 5) is 11.3. The van der Waals surface area contributed by atoms with E-state index in [1.165, 1.54) is 4.31 Å². The molecule has 1 aliphatic heterocycles. The van der Waals surface area contributed by atoms with Gasteiger partial charge in [-0.05, 0) is 32.2 Å². The van der Waals surface area contributed by atoms with Crippen LogP contribution < -0.4 is 11.1 Å². The fourth-order valence-corrected chi connectivity index (χ4v) is 5.43. The van der Waals surface area contributed by atoms with Crippen molar-refractivity contribution in [3.63, 3.8) is 0 Å². The summed E-state index contributed by atoms with van der Waals surface area (Å²) in [5, 5.41) is 2.87. The Labute approximate surface area is 121 Å². The first-order valence-electron chi connectivity index (χ1n) is 7.51. The number of primary amides is 1. The zero-order valence-corrected chi connectivity index (χ0v) is 12.7. The Morgan fingerprint density at radius 1 is 1.15 bits per heavy atom. The van der Waals surface area contributed by atoms with Crippen LogP contribution in [0.15, 0.2) is 0 Å². The van der Waals surface area contributed by atoms with E-state index in [0.29, 0.717) is 19.4 Å². The van der Waals surface area contributed by atoms with Crippen LogP contribution in [0.25, 0.3) is 0 Å². The van der Waals surface area contributed by atoms with Crippen molar-refractivity contribution in [1.29, 1.82) is 0 Å². The zero-order chi connectivity index (χ0) is 14.6. The Kier molecular flexibility index (Phi) is 5.40. The third kappa shape index (κ3) is 3.71. The van der Waals surface area contributed by atoms with Crippen molar-refractivity contribution < 1.29 is 13.2 Å². The molecule has 2 rings (SSSR count). The van der Waals surface area contributed by atoms with Gasteiger partial charge in [0.15, 0.2) is 0 Å². The molecular weight excluding hydrogens is 278 g/mol. The van der Waals surface area contributed by atoms with Crippen LogP contribution in [0.5, 0.6) is 0 Å². The lowest BCUT2D eigenvalue weighted by atomic mass is 10.0. The molecule has 3 N–H and O–H groups in total. The summed E-state index contributed by atoms with van der Waals surface area (Å²) in [5.41, 5.74) is 5.26. The number of amides is 1. The van der Waals surface area contributed by atoms with Crippen LogP contribution in [0.2, 0.25) is 0 Å². The monoisotopic (exact) mass is 303 g/mol. The zero-order valence-electron chi connectivity index (χ0n) is 11.9. The molecule has 20 heavy (non-hydrogen) atoms. The highest BCUT2D eigenvalue weighted by Gasteiger charge is 2.38. The van der Waals surface area contributed by atoms with Crippen LogP contribution in [-0.4, -0.2) is 49.6 Å². The molecule has 0 aromatic carbocycles. The quantitative estimate of drug-likeness (QED) is 0.758. The van der Waals surface area contributed by atoms with Crippen LogP contribution >= 0.6 is 0 Å². The molecule has 0 spiro atoms. The van der Waals surface area contributed by atoms with Gasteiger partial charge in [0.05, 0.1) is 11.8 Å². The molecule has 0 aromatic rings. The van der Waals surface area contributed by atoms with Gasteiger partial charge in [0.25, 0.3) is 0 Å². The molecule has 2 fully saturated rings. The molecule has 7 heteroatoms. The second-order valence-corrected chi connectivity index (χ2v) is 7.98. The van der Waals surface area contributed by atoms with E-state index < -0.39 is 15.9 Å². The molecule has 116 valence electrons. The summed E-state index contributed by atoms with van der Waals surface area (Å²) >= 11 is 0. The van der Waals surface area contributed by atoms with Crippen LogP contribution in [0.3, 0.4) is 0 Å². The molecule has 0 bridgehead atoms. The number of piperidine rings is 1. The predicted molar refractivity (Wildman–Crippen MR) is 77.6 cm³/mol. The summed E-state index contributed by atoms with van der Waals surface area (Å²) in [6.07, 6.45) is 6.16. The van der Waals surface area contributed by atoms with Crippen molar-refractivity contribution in [2.24, 2.45) is 5.73 Å². The molecule has 1 amide bonds. The number of nitrogens with one attached hydrogen (secondary N) is 1. The number of carbonyl (C=O) groups excluding carboxylic acids is 1. The van der Waals surface area contributed by atoms with Crippen molar-refractivity contribution in [2.75, 3.05) is 19.6 Å². The second-order valence-electron chi connectivity index (χ2n) is 5.82. The number of sulfonamides is 1. The number of nitrogens with two attached hydrogens (primary N) is 1. The van der Waals surface area contributed by atoms with E-state index in [4.69, 9.17) is 5.73 Å². The van der Waals surface area contributed by atoms with Gasteiger partial charge >= 0.3 is 0 Å². The lowest BCUT2D eigenvalue weighted by molar-refractivity contribution is -0.118. The van der Waals surface area contributed by atoms with Crippen molar-refractivity contribution >= 4 is 15.9 Å². The van der Waals surface area contributed by atoms with Gasteiger partial charge in [0.1, 0.15) is 0 Å². The minimum absolute atomic E-state index is 0.136. The van der Waals surface area contributed by atoms with Crippen LogP contribution in [0.1, 0.15) is 44.9 Å². The highest BCUT2D eigenvalue weighted by atomic mass is 32.2. The van der Waals surface area contributed by atoms with E-state index in [1.54, 1.807) is 0 Å². The second kappa shape index (κ2) is 6.87. The highest BCUT2D eigenvalue weighted by Crippen LogP contribution is 2.28. The molecule has 1 saturated carbocycles. The average Bonchev–Trinajstić information content (AvgIpc) is 2.46. The van der Waals surface area contributed by atoms with Crippen LogP contribution in [-0.2, 0) is 14.8 Å². The van der Waals surface area contributed by atoms with E-state index in [0.717, 1.165) is 38.6 Å². The molecule has 1 atom stereocenters. The number of nitrogens with zero attached hydrogens (tertiary/aromatic N) is 1. The summed E-state index contributed by atoms with van der Waals surface area (Å²) in [5.74, 6) is -0.574. The van der Waals surface area contributed by atoms with Gasteiger partial charge in [0, 0.05) is 12.6 Å². The molecule has 1 saturated heterocycles. The minimum atomic E-state index is -3.43. The molecule has 1 unspecified atom stereocenters.